The molecule has 1 heterocycles. The molecule has 0 bridgehead atoms. The Morgan fingerprint density at radius 2 is 1.27 bits per heavy atom. The van der Waals surface area contributed by atoms with Crippen LogP contribution in [0.5, 0.6) is 0 Å². The molecule has 0 amide bonds. The molecule has 100 valence electrons. The second-order valence-corrected chi connectivity index (χ2v) is 5.87. The topological polar surface area (TPSA) is 0 Å². The van der Waals surface area contributed by atoms with Crippen molar-refractivity contribution in [2.45, 2.75) is 0 Å². The molecule has 0 saturated heterocycles. The van der Waals surface area contributed by atoms with Crippen molar-refractivity contribution in [2.75, 3.05) is 0 Å². The summed E-state index contributed by atoms with van der Waals surface area (Å²) in [5, 5.41) is 10.5. The maximum atomic E-state index is 2.32. The van der Waals surface area contributed by atoms with E-state index in [1.807, 2.05) is 0 Å². The Balaban J connectivity index is 2.02. The Labute approximate surface area is 129 Å². The van der Waals surface area contributed by atoms with Crippen LogP contribution in [0.25, 0.3) is 43.0 Å². The summed E-state index contributed by atoms with van der Waals surface area (Å²) in [7, 11) is 0. The third kappa shape index (κ3) is 1.63. The fourth-order valence-electron chi connectivity index (χ4n) is 3.51. The van der Waals surface area contributed by atoms with Gasteiger partial charge in [0, 0.05) is 0 Å². The number of fused-ring (bicyclic) bond motifs is 6. The van der Waals surface area contributed by atoms with Crippen molar-refractivity contribution in [2.24, 2.45) is 0 Å². The molecule has 22 heavy (non-hydrogen) atoms. The zero-order valence-corrected chi connectivity index (χ0v) is 12.1. The molecule has 1 heteroatoms. The molecule has 0 atom stereocenters. The minimum absolute atomic E-state index is 1.30. The molecule has 0 aliphatic rings. The van der Waals surface area contributed by atoms with E-state index < -0.39 is 0 Å². The standard InChI is InChI=1S/C21H13B/c1-2-5-15-13-20-16(12-14(15)4-1)7-8-17-18(20)9-10-21-19(17)6-3-11-22-21/h1-13H. The fraction of sp³-hybridized carbons (Fsp3) is 0. The zero-order valence-electron chi connectivity index (χ0n) is 12.1. The van der Waals surface area contributed by atoms with Crippen LogP contribution < -0.4 is 0 Å². The Kier molecular flexibility index (Phi) is 2.39. The number of hydrogen-bond acceptors (Lipinski definition) is 0. The van der Waals surface area contributed by atoms with Gasteiger partial charge in [0.15, 0.2) is 0 Å². The molecule has 0 aliphatic carbocycles. The van der Waals surface area contributed by atoms with E-state index in [4.69, 9.17) is 0 Å². The van der Waals surface area contributed by atoms with E-state index in [9.17, 15) is 0 Å². The fourth-order valence-corrected chi connectivity index (χ4v) is 3.51. The van der Waals surface area contributed by atoms with Gasteiger partial charge in [-0.3, -0.25) is 0 Å². The number of hydrogen-bond donors (Lipinski definition) is 0. The summed E-state index contributed by atoms with van der Waals surface area (Å²) >= 11 is 0. The Hall–Kier alpha value is -2.67. The van der Waals surface area contributed by atoms with Crippen molar-refractivity contribution in [1.29, 1.82) is 0 Å². The van der Waals surface area contributed by atoms with Gasteiger partial charge in [0.25, 0.3) is 0 Å². The molecule has 0 aliphatic heterocycles. The van der Waals surface area contributed by atoms with E-state index in [1.165, 1.54) is 43.0 Å². The summed E-state index contributed by atoms with van der Waals surface area (Å²) in [6.45, 7) is 2.18. The van der Waals surface area contributed by atoms with Gasteiger partial charge >= 0.3 is 129 Å². The summed E-state index contributed by atoms with van der Waals surface area (Å²) in [5.41, 5.74) is 0. The zero-order chi connectivity index (χ0) is 14.5. The van der Waals surface area contributed by atoms with Crippen LogP contribution in [0.2, 0.25) is 0 Å². The van der Waals surface area contributed by atoms with Crippen LogP contribution in [0, 0.1) is 0 Å². The van der Waals surface area contributed by atoms with Crippen molar-refractivity contribution >= 4 is 49.9 Å². The van der Waals surface area contributed by atoms with Crippen LogP contribution in [0.3, 0.4) is 0 Å². The summed E-state index contributed by atoms with van der Waals surface area (Å²) in [5.74, 6) is 2.10. The van der Waals surface area contributed by atoms with Crippen LogP contribution in [0.15, 0.2) is 78.8 Å². The van der Waals surface area contributed by atoms with Gasteiger partial charge in [0.1, 0.15) is 0 Å². The minimum atomic E-state index is 1.30. The van der Waals surface area contributed by atoms with Crippen LogP contribution in [-0.2, 0) is 0 Å². The second kappa shape index (κ2) is 4.41. The SMILES string of the molecule is b1cccc2c1ccc1c3cc4ccccc4cc3ccc21. The molecule has 5 rings (SSSR count). The summed E-state index contributed by atoms with van der Waals surface area (Å²) in [4.78, 5) is 0. The van der Waals surface area contributed by atoms with Crippen molar-refractivity contribution in [3.63, 3.8) is 0 Å². The maximum absolute atomic E-state index is 2.32. The molecule has 0 unspecified atom stereocenters. The Morgan fingerprint density at radius 1 is 0.500 bits per heavy atom. The van der Waals surface area contributed by atoms with Gasteiger partial charge in [0.05, 0.1) is 0 Å². The van der Waals surface area contributed by atoms with E-state index in [0.29, 0.717) is 0 Å². The monoisotopic (exact) mass is 276 g/mol. The molecule has 0 fully saturated rings. The van der Waals surface area contributed by atoms with Crippen LogP contribution in [-0.4, -0.2) is 6.91 Å². The van der Waals surface area contributed by atoms with Gasteiger partial charge in [-0.05, 0) is 0 Å². The molecule has 4 aromatic carbocycles. The molecule has 1 aromatic heterocycles. The average Bonchev–Trinajstić information content (AvgIpc) is 2.59. The van der Waals surface area contributed by atoms with E-state index >= 15 is 0 Å². The third-order valence-corrected chi connectivity index (χ3v) is 4.61. The summed E-state index contributed by atoms with van der Waals surface area (Å²) in [6, 6.07) is 26.5. The molecule has 5 aromatic rings. The molecule has 0 saturated carbocycles. The van der Waals surface area contributed by atoms with Crippen molar-refractivity contribution in [3.8, 4) is 0 Å². The van der Waals surface area contributed by atoms with E-state index in [2.05, 4.69) is 85.7 Å². The van der Waals surface area contributed by atoms with Gasteiger partial charge in [-0.25, -0.2) is 0 Å². The molecule has 0 spiro atoms. The van der Waals surface area contributed by atoms with Gasteiger partial charge in [0.2, 0.25) is 0 Å². The summed E-state index contributed by atoms with van der Waals surface area (Å²) in [6.07, 6.45) is 0. The first-order valence-corrected chi connectivity index (χ1v) is 7.63. The predicted molar refractivity (Wildman–Crippen MR) is 97.8 cm³/mol. The first-order chi connectivity index (χ1) is 10.9. The number of benzene rings is 4. The third-order valence-electron chi connectivity index (χ3n) is 4.61. The number of rotatable bonds is 0. The second-order valence-electron chi connectivity index (χ2n) is 5.87. The average molecular weight is 276 g/mol. The van der Waals surface area contributed by atoms with Gasteiger partial charge < -0.3 is 0 Å². The van der Waals surface area contributed by atoms with Gasteiger partial charge in [-0.1, -0.05) is 0 Å². The molecule has 0 radical (unpaired) electrons. The molecular formula is C21H13B. The van der Waals surface area contributed by atoms with Crippen molar-refractivity contribution in [3.05, 3.63) is 78.8 Å². The van der Waals surface area contributed by atoms with Gasteiger partial charge in [-0.2, -0.15) is 0 Å². The Bertz CT molecular complexity index is 1170. The molecular weight excluding hydrogens is 263 g/mol. The van der Waals surface area contributed by atoms with Crippen molar-refractivity contribution < 1.29 is 0 Å². The quantitative estimate of drug-likeness (QED) is 0.254. The molecule has 0 nitrogen and oxygen atoms in total. The first-order valence-electron chi connectivity index (χ1n) is 7.63. The Morgan fingerprint density at radius 3 is 2.18 bits per heavy atom. The summed E-state index contributed by atoms with van der Waals surface area (Å²) < 4.78 is 0. The van der Waals surface area contributed by atoms with E-state index in [0.717, 1.165) is 0 Å². The van der Waals surface area contributed by atoms with Gasteiger partial charge in [-0.15, -0.1) is 0 Å². The van der Waals surface area contributed by atoms with E-state index in [1.54, 1.807) is 0 Å². The van der Waals surface area contributed by atoms with E-state index in [-0.39, 0.29) is 0 Å². The predicted octanol–water partition coefficient (Wildman–Crippen LogP) is 5.64. The normalized spacial score (nSPS) is 11.5. The van der Waals surface area contributed by atoms with Crippen molar-refractivity contribution in [1.82, 2.24) is 0 Å². The van der Waals surface area contributed by atoms with Crippen LogP contribution in [0.4, 0.5) is 0 Å². The first kappa shape index (κ1) is 11.9. The van der Waals surface area contributed by atoms with Crippen LogP contribution in [0.1, 0.15) is 0 Å². The molecule has 0 N–H and O–H groups in total. The van der Waals surface area contributed by atoms with Crippen LogP contribution >= 0.6 is 0 Å².